The molecule has 0 atom stereocenters. The second-order valence-corrected chi connectivity index (χ2v) is 5.26. The zero-order chi connectivity index (χ0) is 14.2. The van der Waals surface area contributed by atoms with Crippen molar-refractivity contribution in [3.05, 3.63) is 40.1 Å². The van der Waals surface area contributed by atoms with Crippen molar-refractivity contribution < 1.29 is 9.47 Å². The SMILES string of the molecule is COCCNCc1nc(C)ccc1OCc1nccs1. The third-order valence-corrected chi connectivity index (χ3v) is 3.43. The summed E-state index contributed by atoms with van der Waals surface area (Å²) >= 11 is 1.59. The van der Waals surface area contributed by atoms with E-state index in [0.717, 1.165) is 28.7 Å². The van der Waals surface area contributed by atoms with Gasteiger partial charge in [-0.05, 0) is 19.1 Å². The molecular formula is C14H19N3O2S. The Hall–Kier alpha value is -1.50. The van der Waals surface area contributed by atoms with E-state index in [4.69, 9.17) is 9.47 Å². The highest BCUT2D eigenvalue weighted by Gasteiger charge is 2.07. The monoisotopic (exact) mass is 293 g/mol. The summed E-state index contributed by atoms with van der Waals surface area (Å²) < 4.78 is 10.8. The molecule has 0 aliphatic heterocycles. The number of nitrogens with one attached hydrogen (secondary N) is 1. The van der Waals surface area contributed by atoms with Gasteiger partial charge in [0.25, 0.3) is 0 Å². The minimum absolute atomic E-state index is 0.480. The smallest absolute Gasteiger partial charge is 0.142 e. The van der Waals surface area contributed by atoms with Gasteiger partial charge in [-0.3, -0.25) is 4.98 Å². The van der Waals surface area contributed by atoms with Crippen molar-refractivity contribution in [1.29, 1.82) is 0 Å². The number of aromatic nitrogens is 2. The number of nitrogens with zero attached hydrogens (tertiary/aromatic N) is 2. The number of aryl methyl sites for hydroxylation is 1. The molecule has 2 aromatic heterocycles. The molecule has 0 spiro atoms. The average molecular weight is 293 g/mol. The van der Waals surface area contributed by atoms with Crippen molar-refractivity contribution in [2.75, 3.05) is 20.3 Å². The van der Waals surface area contributed by atoms with Gasteiger partial charge in [-0.1, -0.05) is 0 Å². The van der Waals surface area contributed by atoms with Crippen LogP contribution in [0.2, 0.25) is 0 Å². The maximum Gasteiger partial charge on any atom is 0.142 e. The number of ether oxygens (including phenoxy) is 2. The quantitative estimate of drug-likeness (QED) is 0.756. The Morgan fingerprint density at radius 3 is 3.00 bits per heavy atom. The lowest BCUT2D eigenvalue weighted by Gasteiger charge is -2.11. The fourth-order valence-corrected chi connectivity index (χ4v) is 2.23. The van der Waals surface area contributed by atoms with Crippen molar-refractivity contribution in [2.45, 2.75) is 20.1 Å². The summed E-state index contributed by atoms with van der Waals surface area (Å²) in [5.74, 6) is 0.802. The summed E-state index contributed by atoms with van der Waals surface area (Å²) in [4.78, 5) is 8.73. The molecule has 108 valence electrons. The van der Waals surface area contributed by atoms with E-state index < -0.39 is 0 Å². The van der Waals surface area contributed by atoms with Crippen LogP contribution in [0.1, 0.15) is 16.4 Å². The molecule has 0 radical (unpaired) electrons. The van der Waals surface area contributed by atoms with Crippen LogP contribution in [0.5, 0.6) is 5.75 Å². The van der Waals surface area contributed by atoms with Crippen molar-refractivity contribution in [1.82, 2.24) is 15.3 Å². The second-order valence-electron chi connectivity index (χ2n) is 4.28. The fraction of sp³-hybridized carbons (Fsp3) is 0.429. The number of pyridine rings is 1. The van der Waals surface area contributed by atoms with E-state index in [1.54, 1.807) is 24.6 Å². The third kappa shape index (κ3) is 4.56. The van der Waals surface area contributed by atoms with Crippen LogP contribution >= 0.6 is 11.3 Å². The van der Waals surface area contributed by atoms with Crippen molar-refractivity contribution in [3.63, 3.8) is 0 Å². The van der Waals surface area contributed by atoms with E-state index in [9.17, 15) is 0 Å². The molecule has 20 heavy (non-hydrogen) atoms. The largest absolute Gasteiger partial charge is 0.484 e. The lowest BCUT2D eigenvalue weighted by Crippen LogP contribution is -2.20. The van der Waals surface area contributed by atoms with Crippen molar-refractivity contribution in [2.24, 2.45) is 0 Å². The molecule has 2 aromatic rings. The first-order chi connectivity index (χ1) is 9.79. The molecule has 0 aromatic carbocycles. The van der Waals surface area contributed by atoms with Crippen LogP contribution in [0.3, 0.4) is 0 Å². The summed E-state index contributed by atoms with van der Waals surface area (Å²) in [5.41, 5.74) is 1.90. The summed E-state index contributed by atoms with van der Waals surface area (Å²) in [6, 6.07) is 3.92. The molecule has 2 heterocycles. The van der Waals surface area contributed by atoms with Gasteiger partial charge in [0.1, 0.15) is 17.4 Å². The first-order valence-corrected chi connectivity index (χ1v) is 7.35. The maximum absolute atomic E-state index is 5.81. The van der Waals surface area contributed by atoms with Crippen LogP contribution < -0.4 is 10.1 Å². The van der Waals surface area contributed by atoms with Crippen LogP contribution in [0.4, 0.5) is 0 Å². The van der Waals surface area contributed by atoms with E-state index in [0.29, 0.717) is 19.8 Å². The Balaban J connectivity index is 1.95. The molecule has 5 nitrogen and oxygen atoms in total. The molecule has 0 saturated carbocycles. The number of thiazole rings is 1. The molecule has 0 bridgehead atoms. The number of methoxy groups -OCH3 is 1. The van der Waals surface area contributed by atoms with E-state index >= 15 is 0 Å². The Kier molecular flexibility index (Phi) is 5.91. The highest BCUT2D eigenvalue weighted by Crippen LogP contribution is 2.19. The van der Waals surface area contributed by atoms with Crippen LogP contribution in [-0.2, 0) is 17.9 Å². The standard InChI is InChI=1S/C14H19N3O2S/c1-11-3-4-13(19-10-14-16-6-8-20-14)12(17-11)9-15-5-7-18-2/h3-4,6,8,15H,5,7,9-10H2,1-2H3. The van der Waals surface area contributed by atoms with Gasteiger partial charge in [0.2, 0.25) is 0 Å². The van der Waals surface area contributed by atoms with Gasteiger partial charge in [-0.15, -0.1) is 11.3 Å². The molecule has 0 fully saturated rings. The topological polar surface area (TPSA) is 56.3 Å². The summed E-state index contributed by atoms with van der Waals surface area (Å²) in [6.45, 7) is 4.59. The molecule has 0 unspecified atom stereocenters. The summed E-state index contributed by atoms with van der Waals surface area (Å²) in [5, 5.41) is 6.19. The highest BCUT2D eigenvalue weighted by molar-refractivity contribution is 7.09. The zero-order valence-corrected chi connectivity index (χ0v) is 12.6. The number of rotatable bonds is 8. The van der Waals surface area contributed by atoms with Crippen LogP contribution in [0, 0.1) is 6.92 Å². The number of hydrogen-bond donors (Lipinski definition) is 1. The molecule has 0 aliphatic carbocycles. The van der Waals surface area contributed by atoms with Crippen molar-refractivity contribution in [3.8, 4) is 5.75 Å². The summed E-state index contributed by atoms with van der Waals surface area (Å²) in [6.07, 6.45) is 1.78. The third-order valence-electron chi connectivity index (χ3n) is 2.68. The molecule has 6 heteroatoms. The van der Waals surface area contributed by atoms with E-state index in [-0.39, 0.29) is 0 Å². The lowest BCUT2D eigenvalue weighted by atomic mass is 10.3. The normalized spacial score (nSPS) is 10.7. The molecule has 0 aliphatic rings. The van der Waals surface area contributed by atoms with Crippen LogP contribution in [0.25, 0.3) is 0 Å². The minimum Gasteiger partial charge on any atom is -0.484 e. The van der Waals surface area contributed by atoms with Gasteiger partial charge in [-0.2, -0.15) is 0 Å². The summed E-state index contributed by atoms with van der Waals surface area (Å²) in [7, 11) is 1.69. The minimum atomic E-state index is 0.480. The second kappa shape index (κ2) is 7.94. The number of hydrogen-bond acceptors (Lipinski definition) is 6. The molecule has 2 rings (SSSR count). The Morgan fingerprint density at radius 2 is 2.25 bits per heavy atom. The average Bonchev–Trinajstić information content (AvgIpc) is 2.96. The van der Waals surface area contributed by atoms with Gasteiger partial charge in [0.15, 0.2) is 0 Å². The van der Waals surface area contributed by atoms with Gasteiger partial charge >= 0.3 is 0 Å². The first-order valence-electron chi connectivity index (χ1n) is 6.47. The molecular weight excluding hydrogens is 274 g/mol. The Labute approximate surface area is 123 Å². The molecule has 0 amide bonds. The van der Waals surface area contributed by atoms with Gasteiger partial charge in [0.05, 0.1) is 12.3 Å². The Bertz CT molecular complexity index is 517. The fourth-order valence-electron chi connectivity index (χ4n) is 1.70. The Morgan fingerprint density at radius 1 is 1.35 bits per heavy atom. The van der Waals surface area contributed by atoms with Gasteiger partial charge in [0, 0.05) is 37.5 Å². The predicted molar refractivity (Wildman–Crippen MR) is 79.0 cm³/mol. The van der Waals surface area contributed by atoms with Gasteiger partial charge < -0.3 is 14.8 Å². The highest BCUT2D eigenvalue weighted by atomic mass is 32.1. The van der Waals surface area contributed by atoms with Gasteiger partial charge in [-0.25, -0.2) is 4.98 Å². The molecule has 0 saturated heterocycles. The predicted octanol–water partition coefficient (Wildman–Crippen LogP) is 2.16. The lowest BCUT2D eigenvalue weighted by molar-refractivity contribution is 0.198. The maximum atomic E-state index is 5.81. The van der Waals surface area contributed by atoms with E-state index in [2.05, 4.69) is 15.3 Å². The van der Waals surface area contributed by atoms with E-state index in [1.807, 2.05) is 24.4 Å². The van der Waals surface area contributed by atoms with Crippen LogP contribution in [0.15, 0.2) is 23.7 Å². The molecule has 1 N–H and O–H groups in total. The van der Waals surface area contributed by atoms with Crippen LogP contribution in [-0.4, -0.2) is 30.2 Å². The zero-order valence-electron chi connectivity index (χ0n) is 11.8. The first kappa shape index (κ1) is 14.9. The van der Waals surface area contributed by atoms with Crippen molar-refractivity contribution >= 4 is 11.3 Å². The van der Waals surface area contributed by atoms with E-state index in [1.165, 1.54) is 0 Å².